The smallest absolute Gasteiger partial charge is 0.0240 e. The van der Waals surface area contributed by atoms with Crippen molar-refractivity contribution >= 4 is 15.9 Å². The summed E-state index contributed by atoms with van der Waals surface area (Å²) in [5.74, 6) is 0. The van der Waals surface area contributed by atoms with Crippen molar-refractivity contribution in [2.45, 2.75) is 38.4 Å². The minimum atomic E-state index is 0.224. The topological polar surface area (TPSA) is 29.3 Å². The summed E-state index contributed by atoms with van der Waals surface area (Å²) in [5.41, 5.74) is 7.60. The Morgan fingerprint density at radius 3 is 2.81 bits per heavy atom. The molecule has 16 heavy (non-hydrogen) atoms. The van der Waals surface area contributed by atoms with Gasteiger partial charge >= 0.3 is 0 Å². The molecule has 1 aromatic carbocycles. The standard InChI is InChI=1S/C13H19BrN2/c1-13(2)7-12(15)9-16(13)8-10-4-3-5-11(14)6-10/h3-6,12H,7-9,15H2,1-2H3. The molecule has 2 nitrogen and oxygen atoms in total. The number of hydrogen-bond acceptors (Lipinski definition) is 2. The summed E-state index contributed by atoms with van der Waals surface area (Å²) in [6.07, 6.45) is 1.08. The van der Waals surface area contributed by atoms with Gasteiger partial charge in [0.25, 0.3) is 0 Å². The first-order valence-electron chi connectivity index (χ1n) is 5.72. The van der Waals surface area contributed by atoms with E-state index in [-0.39, 0.29) is 5.54 Å². The highest BCUT2D eigenvalue weighted by molar-refractivity contribution is 9.10. The monoisotopic (exact) mass is 282 g/mol. The van der Waals surface area contributed by atoms with Gasteiger partial charge in [-0.05, 0) is 38.0 Å². The fourth-order valence-electron chi connectivity index (χ4n) is 2.50. The zero-order valence-corrected chi connectivity index (χ0v) is 11.5. The third kappa shape index (κ3) is 2.65. The zero-order chi connectivity index (χ0) is 11.8. The van der Waals surface area contributed by atoms with Crippen molar-refractivity contribution in [2.75, 3.05) is 6.54 Å². The van der Waals surface area contributed by atoms with Crippen LogP contribution >= 0.6 is 15.9 Å². The largest absolute Gasteiger partial charge is 0.326 e. The Labute approximate surface area is 106 Å². The van der Waals surface area contributed by atoms with Crippen molar-refractivity contribution in [1.82, 2.24) is 4.90 Å². The van der Waals surface area contributed by atoms with Crippen LogP contribution in [0.2, 0.25) is 0 Å². The van der Waals surface area contributed by atoms with E-state index in [1.54, 1.807) is 0 Å². The molecule has 2 rings (SSSR count). The number of likely N-dealkylation sites (tertiary alicyclic amines) is 1. The number of hydrogen-bond donors (Lipinski definition) is 1. The molecule has 1 saturated heterocycles. The van der Waals surface area contributed by atoms with E-state index >= 15 is 0 Å². The summed E-state index contributed by atoms with van der Waals surface area (Å²) < 4.78 is 1.14. The van der Waals surface area contributed by atoms with E-state index in [1.807, 2.05) is 0 Å². The van der Waals surface area contributed by atoms with Crippen molar-refractivity contribution in [2.24, 2.45) is 5.73 Å². The molecular weight excluding hydrogens is 264 g/mol. The molecule has 1 aromatic rings. The molecule has 0 bridgehead atoms. The van der Waals surface area contributed by atoms with Crippen molar-refractivity contribution in [3.63, 3.8) is 0 Å². The summed E-state index contributed by atoms with van der Waals surface area (Å²) in [6, 6.07) is 8.82. The highest BCUT2D eigenvalue weighted by Crippen LogP contribution is 2.29. The average molecular weight is 283 g/mol. The number of nitrogens with two attached hydrogens (primary N) is 1. The molecule has 0 amide bonds. The number of benzene rings is 1. The van der Waals surface area contributed by atoms with Crippen LogP contribution in [0.1, 0.15) is 25.8 Å². The van der Waals surface area contributed by atoms with Crippen LogP contribution in [0.25, 0.3) is 0 Å². The van der Waals surface area contributed by atoms with E-state index in [9.17, 15) is 0 Å². The number of halogens is 1. The molecule has 0 aliphatic carbocycles. The van der Waals surface area contributed by atoms with Crippen LogP contribution in [0.4, 0.5) is 0 Å². The molecule has 1 heterocycles. The quantitative estimate of drug-likeness (QED) is 0.904. The van der Waals surface area contributed by atoms with E-state index in [0.29, 0.717) is 6.04 Å². The van der Waals surface area contributed by atoms with Gasteiger partial charge in [-0.25, -0.2) is 0 Å². The van der Waals surface area contributed by atoms with E-state index in [4.69, 9.17) is 5.73 Å². The summed E-state index contributed by atoms with van der Waals surface area (Å²) in [6.45, 7) is 6.54. The molecule has 1 atom stereocenters. The molecular formula is C13H19BrN2. The van der Waals surface area contributed by atoms with Gasteiger partial charge in [-0.15, -0.1) is 0 Å². The Hall–Kier alpha value is -0.380. The summed E-state index contributed by atoms with van der Waals surface area (Å²) in [5, 5.41) is 0. The minimum Gasteiger partial charge on any atom is -0.326 e. The van der Waals surface area contributed by atoms with E-state index in [1.165, 1.54) is 5.56 Å². The highest BCUT2D eigenvalue weighted by Gasteiger charge is 2.36. The minimum absolute atomic E-state index is 0.224. The van der Waals surface area contributed by atoms with E-state index in [0.717, 1.165) is 24.0 Å². The Morgan fingerprint density at radius 2 is 2.25 bits per heavy atom. The molecule has 1 aliphatic heterocycles. The molecule has 0 radical (unpaired) electrons. The maximum atomic E-state index is 6.03. The highest BCUT2D eigenvalue weighted by atomic mass is 79.9. The molecule has 3 heteroatoms. The average Bonchev–Trinajstić information content (AvgIpc) is 2.39. The number of rotatable bonds is 2. The van der Waals surface area contributed by atoms with Gasteiger partial charge < -0.3 is 5.73 Å². The number of nitrogens with zero attached hydrogens (tertiary/aromatic N) is 1. The van der Waals surface area contributed by atoms with Crippen LogP contribution in [-0.2, 0) is 6.54 Å². The Morgan fingerprint density at radius 1 is 1.50 bits per heavy atom. The first-order chi connectivity index (χ1) is 7.47. The van der Waals surface area contributed by atoms with Crippen LogP contribution in [0, 0.1) is 0 Å². The first kappa shape index (κ1) is 12.1. The van der Waals surface area contributed by atoms with Gasteiger partial charge in [0.2, 0.25) is 0 Å². The van der Waals surface area contributed by atoms with E-state index < -0.39 is 0 Å². The van der Waals surface area contributed by atoms with Gasteiger partial charge in [0, 0.05) is 29.1 Å². The van der Waals surface area contributed by atoms with Crippen LogP contribution in [0.5, 0.6) is 0 Å². The zero-order valence-electron chi connectivity index (χ0n) is 9.91. The lowest BCUT2D eigenvalue weighted by atomic mass is 10.0. The Kier molecular flexibility index (Phi) is 3.38. The van der Waals surface area contributed by atoms with Crippen molar-refractivity contribution in [3.05, 3.63) is 34.3 Å². The maximum Gasteiger partial charge on any atom is 0.0240 e. The first-order valence-corrected chi connectivity index (χ1v) is 6.52. The second-order valence-corrected chi connectivity index (χ2v) is 6.20. The molecule has 88 valence electrons. The molecule has 1 aliphatic rings. The third-order valence-corrected chi connectivity index (χ3v) is 3.83. The fraction of sp³-hybridized carbons (Fsp3) is 0.538. The predicted molar refractivity (Wildman–Crippen MR) is 71.2 cm³/mol. The predicted octanol–water partition coefficient (Wildman–Crippen LogP) is 2.76. The molecule has 0 spiro atoms. The van der Waals surface area contributed by atoms with Crippen LogP contribution in [0.3, 0.4) is 0 Å². The summed E-state index contributed by atoms with van der Waals surface area (Å²) >= 11 is 3.51. The normalized spacial score (nSPS) is 24.9. The third-order valence-electron chi connectivity index (χ3n) is 3.34. The van der Waals surface area contributed by atoms with E-state index in [2.05, 4.69) is 58.9 Å². The van der Waals surface area contributed by atoms with Crippen LogP contribution < -0.4 is 5.73 Å². The lowest BCUT2D eigenvalue weighted by Gasteiger charge is -2.31. The van der Waals surface area contributed by atoms with Gasteiger partial charge in [0.15, 0.2) is 0 Å². The SMILES string of the molecule is CC1(C)CC(N)CN1Cc1cccc(Br)c1. The lowest BCUT2D eigenvalue weighted by Crippen LogP contribution is -2.37. The Balaban J connectivity index is 2.10. The van der Waals surface area contributed by atoms with Gasteiger partial charge in [0.1, 0.15) is 0 Å². The second kappa shape index (κ2) is 4.47. The van der Waals surface area contributed by atoms with Crippen LogP contribution in [-0.4, -0.2) is 23.0 Å². The second-order valence-electron chi connectivity index (χ2n) is 5.29. The molecule has 0 saturated carbocycles. The van der Waals surface area contributed by atoms with Gasteiger partial charge in [-0.3, -0.25) is 4.90 Å². The van der Waals surface area contributed by atoms with Gasteiger partial charge in [-0.2, -0.15) is 0 Å². The summed E-state index contributed by atoms with van der Waals surface area (Å²) in [4.78, 5) is 2.47. The molecule has 2 N–H and O–H groups in total. The van der Waals surface area contributed by atoms with Gasteiger partial charge in [-0.1, -0.05) is 28.1 Å². The molecule has 1 unspecified atom stereocenters. The van der Waals surface area contributed by atoms with Crippen molar-refractivity contribution in [1.29, 1.82) is 0 Å². The Bertz CT molecular complexity index is 376. The summed E-state index contributed by atoms with van der Waals surface area (Å²) in [7, 11) is 0. The molecule has 1 fully saturated rings. The van der Waals surface area contributed by atoms with Crippen LogP contribution in [0.15, 0.2) is 28.7 Å². The van der Waals surface area contributed by atoms with Gasteiger partial charge in [0.05, 0.1) is 0 Å². The van der Waals surface area contributed by atoms with Crippen molar-refractivity contribution < 1.29 is 0 Å². The lowest BCUT2D eigenvalue weighted by molar-refractivity contribution is 0.166. The van der Waals surface area contributed by atoms with Crippen molar-refractivity contribution in [3.8, 4) is 0 Å². The fourth-order valence-corrected chi connectivity index (χ4v) is 2.95. The molecule has 0 aromatic heterocycles. The maximum absolute atomic E-state index is 6.03.